The Bertz CT molecular complexity index is 378. The molecule has 0 heterocycles. The first-order chi connectivity index (χ1) is 10.1. The van der Waals surface area contributed by atoms with Crippen LogP contribution >= 0.6 is 0 Å². The van der Waals surface area contributed by atoms with E-state index in [2.05, 4.69) is 25.7 Å². The predicted molar refractivity (Wildman–Crippen MR) is 85.6 cm³/mol. The van der Waals surface area contributed by atoms with Gasteiger partial charge in [-0.1, -0.05) is 32.9 Å². The standard InChI is InChI=1S/C17H29NO3/c1-4-18(11-12-19)10-9-17(20)15-5-7-16(8-6-15)21-13-14(2)3/h5-8,14,17,19-20H,4,9-13H2,1-3H3. The van der Waals surface area contributed by atoms with E-state index in [0.717, 1.165) is 24.4 Å². The monoisotopic (exact) mass is 295 g/mol. The number of hydrogen-bond donors (Lipinski definition) is 2. The highest BCUT2D eigenvalue weighted by molar-refractivity contribution is 5.28. The molecule has 0 aromatic heterocycles. The molecule has 0 bridgehead atoms. The van der Waals surface area contributed by atoms with E-state index in [4.69, 9.17) is 9.84 Å². The highest BCUT2D eigenvalue weighted by Gasteiger charge is 2.10. The van der Waals surface area contributed by atoms with Crippen LogP contribution in [0.4, 0.5) is 0 Å². The summed E-state index contributed by atoms with van der Waals surface area (Å²) in [7, 11) is 0. The van der Waals surface area contributed by atoms with Crippen LogP contribution in [-0.4, -0.2) is 48.0 Å². The Morgan fingerprint density at radius 1 is 1.14 bits per heavy atom. The van der Waals surface area contributed by atoms with Crippen molar-refractivity contribution in [2.24, 2.45) is 5.92 Å². The molecule has 0 aliphatic rings. The predicted octanol–water partition coefficient (Wildman–Crippen LogP) is 2.46. The molecule has 0 radical (unpaired) electrons. The number of hydrogen-bond acceptors (Lipinski definition) is 4. The average Bonchev–Trinajstić information content (AvgIpc) is 2.49. The van der Waals surface area contributed by atoms with Crippen molar-refractivity contribution in [1.29, 1.82) is 0 Å². The molecule has 0 spiro atoms. The molecule has 1 unspecified atom stereocenters. The van der Waals surface area contributed by atoms with Crippen molar-refractivity contribution in [3.8, 4) is 5.75 Å². The molecule has 2 N–H and O–H groups in total. The van der Waals surface area contributed by atoms with Crippen molar-refractivity contribution in [3.63, 3.8) is 0 Å². The van der Waals surface area contributed by atoms with Gasteiger partial charge in [0.05, 0.1) is 19.3 Å². The molecule has 0 saturated carbocycles. The second kappa shape index (κ2) is 9.77. The third kappa shape index (κ3) is 6.93. The van der Waals surface area contributed by atoms with Crippen LogP contribution in [-0.2, 0) is 0 Å². The zero-order chi connectivity index (χ0) is 15.7. The van der Waals surface area contributed by atoms with Crippen molar-refractivity contribution in [1.82, 2.24) is 4.90 Å². The Balaban J connectivity index is 2.45. The molecular weight excluding hydrogens is 266 g/mol. The van der Waals surface area contributed by atoms with Gasteiger partial charge in [0.1, 0.15) is 5.75 Å². The molecule has 120 valence electrons. The highest BCUT2D eigenvalue weighted by Crippen LogP contribution is 2.20. The number of nitrogens with zero attached hydrogens (tertiary/aromatic N) is 1. The largest absolute Gasteiger partial charge is 0.493 e. The number of benzene rings is 1. The van der Waals surface area contributed by atoms with Crippen LogP contribution in [0.3, 0.4) is 0 Å². The van der Waals surface area contributed by atoms with Crippen molar-refractivity contribution >= 4 is 0 Å². The zero-order valence-corrected chi connectivity index (χ0v) is 13.5. The van der Waals surface area contributed by atoms with Gasteiger partial charge in [-0.2, -0.15) is 0 Å². The number of likely N-dealkylation sites (N-methyl/N-ethyl adjacent to an activating group) is 1. The van der Waals surface area contributed by atoms with E-state index in [1.807, 2.05) is 24.3 Å². The molecule has 21 heavy (non-hydrogen) atoms. The SMILES string of the molecule is CCN(CCO)CCC(O)c1ccc(OCC(C)C)cc1. The summed E-state index contributed by atoms with van der Waals surface area (Å²) in [5.74, 6) is 1.34. The summed E-state index contributed by atoms with van der Waals surface area (Å²) in [4.78, 5) is 2.13. The number of aliphatic hydroxyl groups is 2. The second-order valence-electron chi connectivity index (χ2n) is 5.74. The topological polar surface area (TPSA) is 52.9 Å². The smallest absolute Gasteiger partial charge is 0.119 e. The molecule has 0 saturated heterocycles. The summed E-state index contributed by atoms with van der Waals surface area (Å²) < 4.78 is 5.63. The molecule has 4 heteroatoms. The third-order valence-electron chi connectivity index (χ3n) is 3.43. The Kier molecular flexibility index (Phi) is 8.35. The van der Waals surface area contributed by atoms with Crippen LogP contribution in [0, 0.1) is 5.92 Å². The number of rotatable bonds is 10. The molecule has 0 aliphatic carbocycles. The molecule has 1 atom stereocenters. The molecular formula is C17H29NO3. The van der Waals surface area contributed by atoms with Crippen LogP contribution in [0.25, 0.3) is 0 Å². The van der Waals surface area contributed by atoms with Gasteiger partial charge in [-0.15, -0.1) is 0 Å². The van der Waals surface area contributed by atoms with Crippen LogP contribution in [0.2, 0.25) is 0 Å². The highest BCUT2D eigenvalue weighted by atomic mass is 16.5. The van der Waals surface area contributed by atoms with E-state index in [1.165, 1.54) is 0 Å². The molecule has 1 aromatic rings. The van der Waals surface area contributed by atoms with Gasteiger partial charge >= 0.3 is 0 Å². The summed E-state index contributed by atoms with van der Waals surface area (Å²) >= 11 is 0. The average molecular weight is 295 g/mol. The Morgan fingerprint density at radius 2 is 1.81 bits per heavy atom. The van der Waals surface area contributed by atoms with Gasteiger partial charge in [0.25, 0.3) is 0 Å². The van der Waals surface area contributed by atoms with Gasteiger partial charge in [0.2, 0.25) is 0 Å². The summed E-state index contributed by atoms with van der Waals surface area (Å²) in [6.45, 7) is 9.47. The Hall–Kier alpha value is -1.10. The molecule has 0 aliphatic heterocycles. The fourth-order valence-electron chi connectivity index (χ4n) is 2.09. The van der Waals surface area contributed by atoms with E-state index in [9.17, 15) is 5.11 Å². The lowest BCUT2D eigenvalue weighted by molar-refractivity contribution is 0.133. The zero-order valence-electron chi connectivity index (χ0n) is 13.5. The van der Waals surface area contributed by atoms with E-state index < -0.39 is 6.10 Å². The lowest BCUT2D eigenvalue weighted by Crippen LogP contribution is -2.28. The van der Waals surface area contributed by atoms with E-state index in [1.54, 1.807) is 0 Å². The normalized spacial score (nSPS) is 12.9. The summed E-state index contributed by atoms with van der Waals surface area (Å²) in [5.41, 5.74) is 0.909. The van der Waals surface area contributed by atoms with Crippen LogP contribution in [0.15, 0.2) is 24.3 Å². The summed E-state index contributed by atoms with van der Waals surface area (Å²) in [6, 6.07) is 7.66. The number of ether oxygens (including phenoxy) is 1. The maximum atomic E-state index is 10.2. The lowest BCUT2D eigenvalue weighted by atomic mass is 10.1. The van der Waals surface area contributed by atoms with Crippen molar-refractivity contribution < 1.29 is 14.9 Å². The molecule has 0 fully saturated rings. The Morgan fingerprint density at radius 3 is 2.33 bits per heavy atom. The number of aliphatic hydroxyl groups excluding tert-OH is 2. The van der Waals surface area contributed by atoms with Gasteiger partial charge in [-0.25, -0.2) is 0 Å². The molecule has 1 rings (SSSR count). The minimum atomic E-state index is -0.475. The van der Waals surface area contributed by atoms with Gasteiger partial charge in [-0.3, -0.25) is 0 Å². The fourth-order valence-corrected chi connectivity index (χ4v) is 2.09. The molecule has 1 aromatic carbocycles. The first-order valence-electron chi connectivity index (χ1n) is 7.80. The molecule has 4 nitrogen and oxygen atoms in total. The quantitative estimate of drug-likeness (QED) is 0.696. The second-order valence-corrected chi connectivity index (χ2v) is 5.74. The van der Waals surface area contributed by atoms with Crippen molar-refractivity contribution in [2.75, 3.05) is 32.8 Å². The van der Waals surface area contributed by atoms with E-state index >= 15 is 0 Å². The fraction of sp³-hybridized carbons (Fsp3) is 0.647. The summed E-state index contributed by atoms with van der Waals surface area (Å²) in [6.07, 6.45) is 0.192. The maximum absolute atomic E-state index is 10.2. The van der Waals surface area contributed by atoms with E-state index in [-0.39, 0.29) is 6.61 Å². The van der Waals surface area contributed by atoms with Crippen molar-refractivity contribution in [2.45, 2.75) is 33.3 Å². The third-order valence-corrected chi connectivity index (χ3v) is 3.43. The van der Waals surface area contributed by atoms with Gasteiger partial charge in [0, 0.05) is 13.1 Å². The van der Waals surface area contributed by atoms with Gasteiger partial charge < -0.3 is 19.8 Å². The lowest BCUT2D eigenvalue weighted by Gasteiger charge is -2.21. The molecule has 0 amide bonds. The van der Waals surface area contributed by atoms with Gasteiger partial charge in [-0.05, 0) is 36.6 Å². The van der Waals surface area contributed by atoms with Crippen molar-refractivity contribution in [3.05, 3.63) is 29.8 Å². The van der Waals surface area contributed by atoms with E-state index in [0.29, 0.717) is 25.5 Å². The summed E-state index contributed by atoms with van der Waals surface area (Å²) in [5, 5.41) is 19.2. The van der Waals surface area contributed by atoms with Crippen LogP contribution in [0.5, 0.6) is 5.75 Å². The maximum Gasteiger partial charge on any atom is 0.119 e. The minimum absolute atomic E-state index is 0.159. The minimum Gasteiger partial charge on any atom is -0.493 e. The first kappa shape index (κ1) is 18.0. The van der Waals surface area contributed by atoms with Gasteiger partial charge in [0.15, 0.2) is 0 Å². The van der Waals surface area contributed by atoms with Crippen LogP contribution in [0.1, 0.15) is 38.9 Å². The Labute approximate surface area is 128 Å². The first-order valence-corrected chi connectivity index (χ1v) is 7.80. The van der Waals surface area contributed by atoms with Crippen LogP contribution < -0.4 is 4.74 Å².